The van der Waals surface area contributed by atoms with Crippen molar-refractivity contribution < 1.29 is 29.0 Å². The first-order valence-electron chi connectivity index (χ1n) is 11.6. The molecule has 3 aromatic carbocycles. The van der Waals surface area contributed by atoms with Crippen LogP contribution >= 0.6 is 11.6 Å². The zero-order valence-electron chi connectivity index (χ0n) is 20.0. The maximum Gasteiger partial charge on any atom is 0.337 e. The van der Waals surface area contributed by atoms with Crippen LogP contribution in [0.5, 0.6) is 0 Å². The van der Waals surface area contributed by atoms with Gasteiger partial charge in [0, 0.05) is 11.1 Å². The number of fused-ring (bicyclic) bond motifs is 1. The Morgan fingerprint density at radius 3 is 2.27 bits per heavy atom. The Kier molecular flexibility index (Phi) is 6.09. The highest BCUT2D eigenvalue weighted by Gasteiger charge is 2.69. The number of ether oxygens (including phenoxy) is 1. The molecule has 188 valence electrons. The Hall–Kier alpha value is -4.01. The fraction of sp³-hybridized carbons (Fsp3) is 0.214. The minimum atomic E-state index is -1.87. The lowest BCUT2D eigenvalue weighted by Gasteiger charge is -2.31. The molecule has 0 aliphatic carbocycles. The van der Waals surface area contributed by atoms with Crippen molar-refractivity contribution in [1.29, 1.82) is 0 Å². The zero-order valence-corrected chi connectivity index (χ0v) is 20.7. The van der Waals surface area contributed by atoms with Gasteiger partial charge in [0.15, 0.2) is 5.54 Å². The van der Waals surface area contributed by atoms with Crippen molar-refractivity contribution in [2.45, 2.75) is 18.5 Å². The lowest BCUT2D eigenvalue weighted by molar-refractivity contribution is -0.149. The van der Waals surface area contributed by atoms with Crippen LogP contribution in [-0.4, -0.2) is 36.0 Å². The molecule has 2 saturated heterocycles. The first-order valence-corrected chi connectivity index (χ1v) is 12.0. The Labute approximate surface area is 217 Å². The normalized spacial score (nSPS) is 24.7. The number of carbonyl (C=O) groups excluding carboxylic acids is 3. The second kappa shape index (κ2) is 9.14. The number of nitrogens with one attached hydrogen (secondary N) is 1. The summed E-state index contributed by atoms with van der Waals surface area (Å²) >= 11 is 6.29. The molecule has 0 spiro atoms. The van der Waals surface area contributed by atoms with Gasteiger partial charge in [0.2, 0.25) is 11.8 Å². The summed E-state index contributed by atoms with van der Waals surface area (Å²) < 4.78 is 4.76. The van der Waals surface area contributed by atoms with E-state index in [1.165, 1.54) is 13.2 Å². The monoisotopic (exact) mass is 518 g/mol. The predicted octanol–water partition coefficient (Wildman–Crippen LogP) is 3.87. The summed E-state index contributed by atoms with van der Waals surface area (Å²) in [6.45, 7) is 1.80. The van der Waals surface area contributed by atoms with Crippen LogP contribution in [0.15, 0.2) is 72.8 Å². The number of aryl methyl sites for hydroxylation is 1. The van der Waals surface area contributed by atoms with E-state index >= 15 is 0 Å². The smallest absolute Gasteiger partial charge is 0.337 e. The van der Waals surface area contributed by atoms with Gasteiger partial charge in [-0.1, -0.05) is 60.1 Å². The third-order valence-corrected chi connectivity index (χ3v) is 7.64. The number of aliphatic carboxylic acids is 1. The molecule has 4 unspecified atom stereocenters. The number of carbonyl (C=O) groups is 4. The second-order valence-corrected chi connectivity index (χ2v) is 9.57. The quantitative estimate of drug-likeness (QED) is 0.389. The van der Waals surface area contributed by atoms with E-state index in [2.05, 4.69) is 5.32 Å². The van der Waals surface area contributed by atoms with Gasteiger partial charge >= 0.3 is 11.9 Å². The van der Waals surface area contributed by atoms with E-state index in [1.807, 2.05) is 0 Å². The number of imide groups is 1. The summed E-state index contributed by atoms with van der Waals surface area (Å²) in [6, 6.07) is 18.8. The molecular weight excluding hydrogens is 496 g/mol. The minimum absolute atomic E-state index is 0.284. The van der Waals surface area contributed by atoms with Crippen molar-refractivity contribution in [2.75, 3.05) is 12.0 Å². The molecule has 0 radical (unpaired) electrons. The third kappa shape index (κ3) is 3.72. The lowest BCUT2D eigenvalue weighted by atomic mass is 9.75. The molecule has 3 aromatic rings. The maximum absolute atomic E-state index is 13.9. The summed E-state index contributed by atoms with van der Waals surface area (Å²) in [5, 5.41) is 14.1. The second-order valence-electron chi connectivity index (χ2n) is 9.16. The number of methoxy groups -OCH3 is 1. The molecule has 0 aromatic heterocycles. The van der Waals surface area contributed by atoms with Crippen molar-refractivity contribution in [3.63, 3.8) is 0 Å². The van der Waals surface area contributed by atoms with Gasteiger partial charge in [-0.15, -0.1) is 0 Å². The molecule has 4 atom stereocenters. The highest BCUT2D eigenvalue weighted by molar-refractivity contribution is 6.32. The van der Waals surface area contributed by atoms with Crippen molar-refractivity contribution >= 4 is 41.0 Å². The molecule has 2 amide bonds. The largest absolute Gasteiger partial charge is 0.480 e. The minimum Gasteiger partial charge on any atom is -0.480 e. The molecule has 2 aliphatic rings. The molecule has 8 nitrogen and oxygen atoms in total. The van der Waals surface area contributed by atoms with Crippen molar-refractivity contribution in [3.05, 3.63) is 100 Å². The number of hydrogen-bond acceptors (Lipinski definition) is 6. The Bertz CT molecular complexity index is 1420. The van der Waals surface area contributed by atoms with Gasteiger partial charge in [-0.2, -0.15) is 0 Å². The lowest BCUT2D eigenvalue weighted by Crippen LogP contribution is -2.53. The van der Waals surface area contributed by atoms with E-state index in [4.69, 9.17) is 16.3 Å². The average Bonchev–Trinajstić information content (AvgIpc) is 3.40. The van der Waals surface area contributed by atoms with Crippen LogP contribution in [0.2, 0.25) is 5.02 Å². The van der Waals surface area contributed by atoms with E-state index in [9.17, 15) is 24.3 Å². The number of amides is 2. The molecule has 37 heavy (non-hydrogen) atoms. The van der Waals surface area contributed by atoms with E-state index in [0.29, 0.717) is 21.7 Å². The number of carboxylic acids is 1. The van der Waals surface area contributed by atoms with Gasteiger partial charge in [0.25, 0.3) is 0 Å². The third-order valence-electron chi connectivity index (χ3n) is 7.23. The number of rotatable bonds is 5. The summed E-state index contributed by atoms with van der Waals surface area (Å²) in [4.78, 5) is 53.8. The van der Waals surface area contributed by atoms with E-state index in [1.54, 1.807) is 73.7 Å². The standard InChI is InChI=1S/C28H23ClN2O6/c1-15-8-13-19(14-20(15)29)31-24(32)21-22(25(31)33)28(27(35)36,18-6-4-3-5-7-18)30-23(21)16-9-11-17(12-10-16)26(34)37-2/h3-14,21-23,30H,1-2H3,(H,35,36). The summed E-state index contributed by atoms with van der Waals surface area (Å²) in [6.07, 6.45) is 0. The van der Waals surface area contributed by atoms with Crippen LogP contribution in [-0.2, 0) is 24.7 Å². The average molecular weight is 519 g/mol. The number of nitrogens with zero attached hydrogens (tertiary/aromatic N) is 1. The van der Waals surface area contributed by atoms with Gasteiger partial charge < -0.3 is 9.84 Å². The van der Waals surface area contributed by atoms with Crippen LogP contribution in [0, 0.1) is 18.8 Å². The maximum atomic E-state index is 13.9. The van der Waals surface area contributed by atoms with Crippen LogP contribution in [0.4, 0.5) is 5.69 Å². The molecular formula is C28H23ClN2O6. The zero-order chi connectivity index (χ0) is 26.5. The molecule has 2 fully saturated rings. The first-order chi connectivity index (χ1) is 17.7. The predicted molar refractivity (Wildman–Crippen MR) is 135 cm³/mol. The van der Waals surface area contributed by atoms with Gasteiger partial charge in [-0.25, -0.2) is 14.5 Å². The Balaban J connectivity index is 1.68. The summed E-state index contributed by atoms with van der Waals surface area (Å²) in [5.41, 5.74) is 0.417. The molecule has 0 bridgehead atoms. The summed E-state index contributed by atoms with van der Waals surface area (Å²) in [5.74, 6) is -5.20. The fourth-order valence-corrected chi connectivity index (χ4v) is 5.57. The number of hydrogen-bond donors (Lipinski definition) is 2. The molecule has 2 heterocycles. The van der Waals surface area contributed by atoms with Crippen LogP contribution in [0.3, 0.4) is 0 Å². The molecule has 0 saturated carbocycles. The highest BCUT2D eigenvalue weighted by Crippen LogP contribution is 2.53. The SMILES string of the molecule is COC(=O)c1ccc(C2NC(C(=O)O)(c3ccccc3)C3C(=O)N(c4ccc(C)c(Cl)c4)C(=O)C23)cc1. The van der Waals surface area contributed by atoms with E-state index in [-0.39, 0.29) is 5.69 Å². The van der Waals surface area contributed by atoms with E-state index in [0.717, 1.165) is 10.5 Å². The van der Waals surface area contributed by atoms with Crippen molar-refractivity contribution in [3.8, 4) is 0 Å². The van der Waals surface area contributed by atoms with Crippen molar-refractivity contribution in [2.24, 2.45) is 11.8 Å². The first kappa shape index (κ1) is 24.7. The number of benzene rings is 3. The van der Waals surface area contributed by atoms with Gasteiger partial charge in [-0.05, 0) is 47.9 Å². The Morgan fingerprint density at radius 2 is 1.68 bits per heavy atom. The molecule has 2 aliphatic heterocycles. The van der Waals surface area contributed by atoms with Gasteiger partial charge in [0.05, 0.1) is 30.2 Å². The van der Waals surface area contributed by atoms with Crippen molar-refractivity contribution in [1.82, 2.24) is 5.32 Å². The number of anilines is 1. The van der Waals surface area contributed by atoms with Crippen LogP contribution in [0.25, 0.3) is 0 Å². The summed E-state index contributed by atoms with van der Waals surface area (Å²) in [7, 11) is 1.27. The highest BCUT2D eigenvalue weighted by atomic mass is 35.5. The van der Waals surface area contributed by atoms with Gasteiger partial charge in [-0.3, -0.25) is 14.9 Å². The molecule has 5 rings (SSSR count). The number of esters is 1. The van der Waals surface area contributed by atoms with Crippen LogP contribution in [0.1, 0.15) is 33.1 Å². The Morgan fingerprint density at radius 1 is 1.00 bits per heavy atom. The number of halogens is 1. The number of carboxylic acid groups (broad SMARTS) is 1. The van der Waals surface area contributed by atoms with E-state index < -0.39 is 47.2 Å². The molecule has 9 heteroatoms. The fourth-order valence-electron chi connectivity index (χ4n) is 5.40. The van der Waals surface area contributed by atoms with Gasteiger partial charge in [0.1, 0.15) is 0 Å². The molecule has 2 N–H and O–H groups in total. The van der Waals surface area contributed by atoms with Crippen LogP contribution < -0.4 is 10.2 Å². The topological polar surface area (TPSA) is 113 Å².